The van der Waals surface area contributed by atoms with Crippen LogP contribution in [0.15, 0.2) is 60.7 Å². The SMILES string of the molecule is CCc1ccc2ccccc2c1OC1CCc2c(c(O)c3ccccc3c2O)C1. The van der Waals surface area contributed by atoms with Gasteiger partial charge in [-0.05, 0) is 30.2 Å². The predicted octanol–water partition coefficient (Wildman–Crippen LogP) is 5.90. The zero-order valence-corrected chi connectivity index (χ0v) is 16.5. The van der Waals surface area contributed by atoms with Crippen molar-refractivity contribution in [3.8, 4) is 17.2 Å². The molecule has 4 aromatic carbocycles. The van der Waals surface area contributed by atoms with Crippen molar-refractivity contribution >= 4 is 21.5 Å². The van der Waals surface area contributed by atoms with Crippen LogP contribution in [0.25, 0.3) is 21.5 Å². The molecule has 0 bridgehead atoms. The lowest BCUT2D eigenvalue weighted by atomic mass is 9.85. The van der Waals surface area contributed by atoms with Gasteiger partial charge in [0.15, 0.2) is 0 Å². The van der Waals surface area contributed by atoms with Crippen molar-refractivity contribution in [3.05, 3.63) is 77.4 Å². The van der Waals surface area contributed by atoms with Crippen LogP contribution in [-0.2, 0) is 19.3 Å². The Morgan fingerprint density at radius 3 is 2.21 bits per heavy atom. The van der Waals surface area contributed by atoms with Crippen molar-refractivity contribution in [3.63, 3.8) is 0 Å². The molecule has 146 valence electrons. The lowest BCUT2D eigenvalue weighted by Gasteiger charge is -2.29. The summed E-state index contributed by atoms with van der Waals surface area (Å²) in [7, 11) is 0. The summed E-state index contributed by atoms with van der Waals surface area (Å²) in [5, 5.41) is 25.4. The Balaban J connectivity index is 1.55. The molecule has 2 N–H and O–H groups in total. The number of benzene rings is 4. The zero-order valence-electron chi connectivity index (χ0n) is 16.5. The standard InChI is InChI=1S/C26H24O3/c1-2-16-11-12-17-7-3-4-8-19(17)26(16)29-18-13-14-22-23(15-18)25(28)21-10-6-5-9-20(21)24(22)27/h3-12,18,27-28H,2,13-15H2,1H3. The van der Waals surface area contributed by atoms with Gasteiger partial charge in [0.1, 0.15) is 23.4 Å². The molecular formula is C26H24O3. The van der Waals surface area contributed by atoms with Gasteiger partial charge in [-0.2, -0.15) is 0 Å². The molecular weight excluding hydrogens is 360 g/mol. The van der Waals surface area contributed by atoms with Gasteiger partial charge >= 0.3 is 0 Å². The van der Waals surface area contributed by atoms with Crippen molar-refractivity contribution < 1.29 is 14.9 Å². The molecule has 3 nitrogen and oxygen atoms in total. The molecule has 1 aliphatic carbocycles. The van der Waals surface area contributed by atoms with Gasteiger partial charge in [0.2, 0.25) is 0 Å². The number of phenolic OH excluding ortho intramolecular Hbond substituents is 2. The first-order valence-electron chi connectivity index (χ1n) is 10.3. The third kappa shape index (κ3) is 2.89. The van der Waals surface area contributed by atoms with E-state index in [0.29, 0.717) is 29.4 Å². The summed E-state index contributed by atoms with van der Waals surface area (Å²) in [6.07, 6.45) is 2.96. The maximum absolute atomic E-state index is 10.9. The van der Waals surface area contributed by atoms with E-state index in [2.05, 4.69) is 31.2 Å². The van der Waals surface area contributed by atoms with Crippen molar-refractivity contribution in [1.29, 1.82) is 0 Å². The van der Waals surface area contributed by atoms with Crippen LogP contribution < -0.4 is 4.74 Å². The second-order valence-electron chi connectivity index (χ2n) is 7.81. The van der Waals surface area contributed by atoms with Crippen LogP contribution in [0.3, 0.4) is 0 Å². The van der Waals surface area contributed by atoms with E-state index in [9.17, 15) is 10.2 Å². The first-order chi connectivity index (χ1) is 14.2. The Bertz CT molecular complexity index is 1230. The molecule has 0 aliphatic heterocycles. The number of aromatic hydroxyl groups is 2. The number of hydrogen-bond acceptors (Lipinski definition) is 3. The minimum Gasteiger partial charge on any atom is -0.507 e. The number of fused-ring (bicyclic) bond motifs is 3. The molecule has 0 heterocycles. The fourth-order valence-electron chi connectivity index (χ4n) is 4.60. The normalized spacial score (nSPS) is 16.1. The van der Waals surface area contributed by atoms with Gasteiger partial charge in [0.25, 0.3) is 0 Å². The average molecular weight is 384 g/mol. The number of aryl methyl sites for hydroxylation is 1. The molecule has 1 atom stereocenters. The lowest BCUT2D eigenvalue weighted by Crippen LogP contribution is -2.26. The summed E-state index contributed by atoms with van der Waals surface area (Å²) >= 11 is 0. The van der Waals surface area contributed by atoms with E-state index >= 15 is 0 Å². The van der Waals surface area contributed by atoms with Crippen LogP contribution in [0.2, 0.25) is 0 Å². The third-order valence-corrected chi connectivity index (χ3v) is 6.15. The Morgan fingerprint density at radius 2 is 1.48 bits per heavy atom. The molecule has 0 aromatic heterocycles. The fourth-order valence-corrected chi connectivity index (χ4v) is 4.60. The van der Waals surface area contributed by atoms with Gasteiger partial charge in [-0.3, -0.25) is 0 Å². The van der Waals surface area contributed by atoms with E-state index in [4.69, 9.17) is 4.74 Å². The van der Waals surface area contributed by atoms with E-state index in [1.165, 1.54) is 10.9 Å². The van der Waals surface area contributed by atoms with Crippen molar-refractivity contribution in [2.45, 2.75) is 38.7 Å². The van der Waals surface area contributed by atoms with Gasteiger partial charge in [-0.1, -0.05) is 67.6 Å². The van der Waals surface area contributed by atoms with E-state index in [0.717, 1.165) is 35.1 Å². The molecule has 3 heteroatoms. The van der Waals surface area contributed by atoms with Gasteiger partial charge < -0.3 is 14.9 Å². The number of rotatable bonds is 3. The Labute approximate surface area is 170 Å². The summed E-state index contributed by atoms with van der Waals surface area (Å²) < 4.78 is 6.56. The fraction of sp³-hybridized carbons (Fsp3) is 0.231. The summed E-state index contributed by atoms with van der Waals surface area (Å²) in [5.41, 5.74) is 2.87. The lowest BCUT2D eigenvalue weighted by molar-refractivity contribution is 0.183. The molecule has 0 fully saturated rings. The quantitative estimate of drug-likeness (QED) is 0.432. The van der Waals surface area contributed by atoms with Gasteiger partial charge in [-0.15, -0.1) is 0 Å². The molecule has 1 aliphatic rings. The molecule has 0 saturated carbocycles. The first kappa shape index (κ1) is 17.9. The highest BCUT2D eigenvalue weighted by molar-refractivity contribution is 5.95. The largest absolute Gasteiger partial charge is 0.507 e. The average Bonchev–Trinajstić information content (AvgIpc) is 2.77. The summed E-state index contributed by atoms with van der Waals surface area (Å²) in [6, 6.07) is 20.1. The molecule has 0 saturated heterocycles. The van der Waals surface area contributed by atoms with E-state index in [1.807, 2.05) is 36.4 Å². The van der Waals surface area contributed by atoms with Crippen LogP contribution in [0.4, 0.5) is 0 Å². The molecule has 29 heavy (non-hydrogen) atoms. The Morgan fingerprint density at radius 1 is 0.828 bits per heavy atom. The van der Waals surface area contributed by atoms with Crippen molar-refractivity contribution in [2.75, 3.05) is 0 Å². The summed E-state index contributed by atoms with van der Waals surface area (Å²) in [5.74, 6) is 1.52. The smallest absolute Gasteiger partial charge is 0.130 e. The maximum Gasteiger partial charge on any atom is 0.130 e. The zero-order chi connectivity index (χ0) is 20.0. The predicted molar refractivity (Wildman–Crippen MR) is 117 cm³/mol. The summed E-state index contributed by atoms with van der Waals surface area (Å²) in [4.78, 5) is 0. The van der Waals surface area contributed by atoms with Gasteiger partial charge in [0, 0.05) is 33.7 Å². The Kier molecular flexibility index (Phi) is 4.31. The molecule has 0 radical (unpaired) electrons. The number of hydrogen-bond donors (Lipinski definition) is 2. The molecule has 4 aromatic rings. The van der Waals surface area contributed by atoms with E-state index in [-0.39, 0.29) is 11.9 Å². The van der Waals surface area contributed by atoms with Crippen LogP contribution in [0.5, 0.6) is 17.2 Å². The summed E-state index contributed by atoms with van der Waals surface area (Å²) in [6.45, 7) is 2.14. The van der Waals surface area contributed by atoms with Crippen LogP contribution in [0.1, 0.15) is 30.0 Å². The first-order valence-corrected chi connectivity index (χ1v) is 10.3. The van der Waals surface area contributed by atoms with Crippen LogP contribution in [0, 0.1) is 0 Å². The second kappa shape index (κ2) is 7.00. The number of phenols is 2. The van der Waals surface area contributed by atoms with Crippen LogP contribution >= 0.6 is 0 Å². The Hall–Kier alpha value is -3.20. The molecule has 1 unspecified atom stereocenters. The van der Waals surface area contributed by atoms with E-state index in [1.54, 1.807) is 0 Å². The van der Waals surface area contributed by atoms with E-state index < -0.39 is 0 Å². The van der Waals surface area contributed by atoms with Crippen molar-refractivity contribution in [1.82, 2.24) is 0 Å². The monoisotopic (exact) mass is 384 g/mol. The highest BCUT2D eigenvalue weighted by atomic mass is 16.5. The minimum absolute atomic E-state index is 0.0370. The van der Waals surface area contributed by atoms with Crippen molar-refractivity contribution in [2.24, 2.45) is 0 Å². The third-order valence-electron chi connectivity index (χ3n) is 6.15. The molecule has 0 spiro atoms. The molecule has 5 rings (SSSR count). The van der Waals surface area contributed by atoms with Gasteiger partial charge in [-0.25, -0.2) is 0 Å². The highest BCUT2D eigenvalue weighted by Crippen LogP contribution is 2.43. The van der Waals surface area contributed by atoms with Gasteiger partial charge in [0.05, 0.1) is 0 Å². The topological polar surface area (TPSA) is 49.7 Å². The molecule has 0 amide bonds. The minimum atomic E-state index is -0.0370. The highest BCUT2D eigenvalue weighted by Gasteiger charge is 2.28. The van der Waals surface area contributed by atoms with Crippen LogP contribution in [-0.4, -0.2) is 16.3 Å². The number of ether oxygens (including phenoxy) is 1. The second-order valence-corrected chi connectivity index (χ2v) is 7.81. The maximum atomic E-state index is 10.9.